The van der Waals surface area contributed by atoms with Crippen LogP contribution in [0.15, 0.2) is 29.4 Å². The van der Waals surface area contributed by atoms with Crippen molar-refractivity contribution in [2.24, 2.45) is 16.9 Å². The van der Waals surface area contributed by atoms with Gasteiger partial charge in [0.05, 0.1) is 12.0 Å². The zero-order valence-electron chi connectivity index (χ0n) is 25.5. The Balaban J connectivity index is 2.00. The van der Waals surface area contributed by atoms with Crippen molar-refractivity contribution >= 4 is 23.7 Å². The summed E-state index contributed by atoms with van der Waals surface area (Å²) in [6.07, 6.45) is 1.84. The quantitative estimate of drug-likeness (QED) is 0.342. The smallest absolute Gasteiger partial charge is 0.410 e. The summed E-state index contributed by atoms with van der Waals surface area (Å²) in [6, 6.07) is 7.40. The summed E-state index contributed by atoms with van der Waals surface area (Å²) in [7, 11) is 1.67. The van der Waals surface area contributed by atoms with E-state index in [0.29, 0.717) is 25.3 Å². The number of nitrogens with one attached hydrogen (secondary N) is 2. The van der Waals surface area contributed by atoms with Gasteiger partial charge in [0, 0.05) is 33.4 Å². The molecule has 0 aromatic heterocycles. The second-order valence-electron chi connectivity index (χ2n) is 12.5. The van der Waals surface area contributed by atoms with E-state index in [4.69, 9.17) is 9.47 Å². The molecule has 228 valence electrons. The number of hydrazine groups is 1. The van der Waals surface area contributed by atoms with Crippen LogP contribution in [0.25, 0.3) is 0 Å². The minimum atomic E-state index is -1.01. The summed E-state index contributed by atoms with van der Waals surface area (Å²) < 4.78 is 10.8. The van der Waals surface area contributed by atoms with Gasteiger partial charge in [-0.05, 0) is 70.4 Å². The molecule has 0 bridgehead atoms. The molecule has 3 rings (SSSR count). The number of carboxylic acid groups (broad SMARTS) is 1. The second kappa shape index (κ2) is 13.7. The van der Waals surface area contributed by atoms with Gasteiger partial charge < -0.3 is 24.4 Å². The number of aryl methyl sites for hydroxylation is 1. The first-order valence-corrected chi connectivity index (χ1v) is 14.5. The van der Waals surface area contributed by atoms with Crippen LogP contribution in [0.2, 0.25) is 0 Å². The fourth-order valence-electron chi connectivity index (χ4n) is 5.64. The summed E-state index contributed by atoms with van der Waals surface area (Å²) in [6.45, 7) is 12.5. The summed E-state index contributed by atoms with van der Waals surface area (Å²) in [4.78, 5) is 42.9. The van der Waals surface area contributed by atoms with Crippen LogP contribution < -0.4 is 11.0 Å². The van der Waals surface area contributed by atoms with E-state index in [-0.39, 0.29) is 31.3 Å². The summed E-state index contributed by atoms with van der Waals surface area (Å²) in [5.41, 5.74) is 6.85. The first kappa shape index (κ1) is 32.3. The first-order chi connectivity index (χ1) is 19.3. The number of nitrogens with zero attached hydrogens (tertiary/aromatic N) is 3. The molecule has 0 spiro atoms. The molecular weight excluding hydrogens is 526 g/mol. The number of aliphatic carboxylic acids is 1. The average molecular weight is 574 g/mol. The Morgan fingerprint density at radius 2 is 1.90 bits per heavy atom. The monoisotopic (exact) mass is 573 g/mol. The van der Waals surface area contributed by atoms with Gasteiger partial charge in [0.2, 0.25) is 0 Å². The van der Waals surface area contributed by atoms with Crippen LogP contribution in [0.5, 0.6) is 0 Å². The van der Waals surface area contributed by atoms with E-state index < -0.39 is 35.2 Å². The number of hydrogen-bond acceptors (Lipinski definition) is 8. The van der Waals surface area contributed by atoms with E-state index in [9.17, 15) is 19.5 Å². The first-order valence-electron chi connectivity index (χ1n) is 14.5. The van der Waals surface area contributed by atoms with Crippen molar-refractivity contribution in [1.29, 1.82) is 0 Å². The van der Waals surface area contributed by atoms with E-state index in [1.807, 2.05) is 45.0 Å². The third kappa shape index (κ3) is 7.97. The van der Waals surface area contributed by atoms with Crippen molar-refractivity contribution in [2.75, 3.05) is 33.4 Å². The maximum atomic E-state index is 14.6. The Morgan fingerprint density at radius 3 is 2.51 bits per heavy atom. The molecule has 2 aliphatic rings. The number of ether oxygens (including phenoxy) is 2. The van der Waals surface area contributed by atoms with Gasteiger partial charge >= 0.3 is 12.1 Å². The van der Waals surface area contributed by atoms with E-state index in [1.165, 1.54) is 4.90 Å². The maximum Gasteiger partial charge on any atom is 0.410 e. The molecule has 1 aromatic carbocycles. The number of hydrazone groups is 1. The number of methoxy groups -OCH3 is 1. The highest BCUT2D eigenvalue weighted by Gasteiger charge is 2.49. The lowest BCUT2D eigenvalue weighted by Gasteiger charge is -2.43. The standard InChI is InChI=1S/C30H47N5O6/c1-20(2)17-35(23-16-22(27(37)38)18-34(19-23)28(39)41-29(4,5)6)26(36)25-30(32-33-31-25,14-10-11-15-40-7)24-13-9-8-12-21(24)3/h8-9,12-13,20,22-23,32-33H,10-11,14-19H2,1-7H3,(H,37,38)/t22-,23+,30?/m1/s1. The van der Waals surface area contributed by atoms with Crippen LogP contribution >= 0.6 is 0 Å². The number of unbranched alkanes of at least 4 members (excludes halogenated alkanes) is 1. The Bertz CT molecular complexity index is 1120. The number of carbonyl (C=O) groups is 3. The summed E-state index contributed by atoms with van der Waals surface area (Å²) in [5.74, 6) is -2.03. The maximum absolute atomic E-state index is 14.6. The zero-order valence-corrected chi connectivity index (χ0v) is 25.5. The molecule has 0 saturated carbocycles. The molecule has 1 aromatic rings. The topological polar surface area (TPSA) is 133 Å². The highest BCUT2D eigenvalue weighted by atomic mass is 16.6. The zero-order chi connectivity index (χ0) is 30.4. The van der Waals surface area contributed by atoms with Crippen molar-refractivity contribution in [1.82, 2.24) is 20.8 Å². The highest BCUT2D eigenvalue weighted by Crippen LogP contribution is 2.35. The number of carboxylic acids is 1. The van der Waals surface area contributed by atoms with Crippen molar-refractivity contribution in [2.45, 2.75) is 84.4 Å². The molecule has 0 aliphatic carbocycles. The SMILES string of the molecule is COCCCCC1(c2ccccc2C)NNN=C1C(=O)N(CC(C)C)[C@H]1C[C@@H](C(=O)O)CN(C(=O)OC(C)(C)C)C1. The number of rotatable bonds is 11. The van der Waals surface area contributed by atoms with Gasteiger partial charge in [-0.15, -0.1) is 0 Å². The molecule has 11 nitrogen and oxygen atoms in total. The molecule has 2 heterocycles. The van der Waals surface area contributed by atoms with Crippen LogP contribution in [0.3, 0.4) is 0 Å². The van der Waals surface area contributed by atoms with Crippen molar-refractivity contribution in [3.63, 3.8) is 0 Å². The number of carbonyl (C=O) groups excluding carboxylic acids is 2. The fraction of sp³-hybridized carbons (Fsp3) is 0.667. The van der Waals surface area contributed by atoms with Crippen molar-refractivity contribution < 1.29 is 29.0 Å². The number of amides is 2. The van der Waals surface area contributed by atoms with E-state index >= 15 is 0 Å². The van der Waals surface area contributed by atoms with Crippen LogP contribution in [-0.4, -0.2) is 83.6 Å². The summed E-state index contributed by atoms with van der Waals surface area (Å²) >= 11 is 0. The van der Waals surface area contributed by atoms with Crippen molar-refractivity contribution in [3.8, 4) is 0 Å². The van der Waals surface area contributed by atoms with Gasteiger partial charge in [0.25, 0.3) is 5.91 Å². The molecule has 11 heteroatoms. The predicted molar refractivity (Wildman–Crippen MR) is 156 cm³/mol. The molecule has 2 aliphatic heterocycles. The fourth-order valence-corrected chi connectivity index (χ4v) is 5.64. The second-order valence-corrected chi connectivity index (χ2v) is 12.5. The molecule has 2 amide bonds. The number of likely N-dealkylation sites (tertiary alicyclic amines) is 1. The van der Waals surface area contributed by atoms with Gasteiger partial charge in [-0.1, -0.05) is 38.1 Å². The Kier molecular flexibility index (Phi) is 10.8. The molecule has 3 N–H and O–H groups in total. The van der Waals surface area contributed by atoms with Crippen LogP contribution in [-0.2, 0) is 24.6 Å². The van der Waals surface area contributed by atoms with Gasteiger partial charge in [-0.2, -0.15) is 5.10 Å². The van der Waals surface area contributed by atoms with Crippen molar-refractivity contribution in [3.05, 3.63) is 35.4 Å². The minimum Gasteiger partial charge on any atom is -0.481 e. The van der Waals surface area contributed by atoms with Gasteiger partial charge in [0.1, 0.15) is 11.1 Å². The molecule has 3 atom stereocenters. The van der Waals surface area contributed by atoms with Gasteiger partial charge in [-0.25, -0.2) is 15.8 Å². The lowest BCUT2D eigenvalue weighted by molar-refractivity contribution is -0.146. The molecule has 41 heavy (non-hydrogen) atoms. The van der Waals surface area contributed by atoms with Crippen LogP contribution in [0.1, 0.15) is 71.4 Å². The van der Waals surface area contributed by atoms with Gasteiger partial charge in [-0.3, -0.25) is 9.59 Å². The molecule has 1 unspecified atom stereocenters. The highest BCUT2D eigenvalue weighted by molar-refractivity contribution is 6.42. The Labute approximate surface area is 243 Å². The number of piperidine rings is 1. The van der Waals surface area contributed by atoms with Crippen LogP contribution in [0, 0.1) is 18.8 Å². The molecule has 1 saturated heterocycles. The predicted octanol–water partition coefficient (Wildman–Crippen LogP) is 3.67. The minimum absolute atomic E-state index is 0.0289. The third-order valence-corrected chi connectivity index (χ3v) is 7.49. The Morgan fingerprint density at radius 1 is 1.20 bits per heavy atom. The van der Waals surface area contributed by atoms with Gasteiger partial charge in [0.15, 0.2) is 5.71 Å². The largest absolute Gasteiger partial charge is 0.481 e. The average Bonchev–Trinajstić information content (AvgIpc) is 3.33. The lowest BCUT2D eigenvalue weighted by atomic mass is 9.78. The third-order valence-electron chi connectivity index (χ3n) is 7.49. The van der Waals surface area contributed by atoms with E-state index in [2.05, 4.69) is 16.1 Å². The number of benzene rings is 1. The molecule has 1 fully saturated rings. The van der Waals surface area contributed by atoms with E-state index in [1.54, 1.807) is 32.8 Å². The lowest BCUT2D eigenvalue weighted by Crippen LogP contribution is -2.60. The normalized spacial score (nSPS) is 22.7. The van der Waals surface area contributed by atoms with Crippen LogP contribution in [0.4, 0.5) is 4.79 Å². The molecule has 0 radical (unpaired) electrons. The van der Waals surface area contributed by atoms with E-state index in [0.717, 1.165) is 24.0 Å². The summed E-state index contributed by atoms with van der Waals surface area (Å²) in [5, 5.41) is 14.5. The Hall–Kier alpha value is -3.18. The molecular formula is C30H47N5O6. The number of hydrogen-bond donors (Lipinski definition) is 3.